The molecule has 1 saturated heterocycles. The van der Waals surface area contributed by atoms with E-state index < -0.39 is 0 Å². The molecule has 112 valence electrons. The molecule has 20 heavy (non-hydrogen) atoms. The molecule has 3 nitrogen and oxygen atoms in total. The first-order chi connectivity index (χ1) is 9.39. The Labute approximate surface area is 121 Å². The van der Waals surface area contributed by atoms with Crippen LogP contribution in [0.5, 0.6) is 0 Å². The highest BCUT2D eigenvalue weighted by Gasteiger charge is 2.29. The maximum atomic E-state index is 14.3. The maximum Gasteiger partial charge on any atom is 0.146 e. The van der Waals surface area contributed by atoms with E-state index in [0.29, 0.717) is 25.7 Å². The van der Waals surface area contributed by atoms with Crippen molar-refractivity contribution in [2.45, 2.75) is 45.9 Å². The summed E-state index contributed by atoms with van der Waals surface area (Å²) in [5.74, 6) is -0.147. The van der Waals surface area contributed by atoms with Crippen molar-refractivity contribution in [1.29, 1.82) is 0 Å². The van der Waals surface area contributed by atoms with Crippen LogP contribution < -0.4 is 10.2 Å². The summed E-state index contributed by atoms with van der Waals surface area (Å²) in [6.07, 6.45) is 0. The van der Waals surface area contributed by atoms with Crippen molar-refractivity contribution in [3.8, 4) is 0 Å². The molecule has 1 aliphatic heterocycles. The van der Waals surface area contributed by atoms with Gasteiger partial charge in [-0.1, -0.05) is 26.0 Å². The lowest BCUT2D eigenvalue weighted by molar-refractivity contribution is -0.0278. The molecule has 0 unspecified atom stereocenters. The van der Waals surface area contributed by atoms with E-state index in [4.69, 9.17) is 4.74 Å². The minimum atomic E-state index is -0.233. The number of halogens is 1. The Bertz CT molecular complexity index is 460. The maximum absolute atomic E-state index is 14.3. The number of para-hydroxylation sites is 1. The van der Waals surface area contributed by atoms with Crippen molar-refractivity contribution in [3.63, 3.8) is 0 Å². The number of anilines is 1. The third kappa shape index (κ3) is 3.70. The molecule has 1 fully saturated rings. The van der Waals surface area contributed by atoms with Crippen LogP contribution in [0.15, 0.2) is 18.2 Å². The lowest BCUT2D eigenvalue weighted by Crippen LogP contribution is -2.49. The predicted molar refractivity (Wildman–Crippen MR) is 80.6 cm³/mol. The fraction of sp³-hybridized carbons (Fsp3) is 0.625. The van der Waals surface area contributed by atoms with Gasteiger partial charge in [-0.2, -0.15) is 0 Å². The summed E-state index contributed by atoms with van der Waals surface area (Å²) >= 11 is 0. The van der Waals surface area contributed by atoms with Crippen molar-refractivity contribution >= 4 is 5.69 Å². The van der Waals surface area contributed by atoms with Gasteiger partial charge in [-0.25, -0.2) is 4.39 Å². The van der Waals surface area contributed by atoms with Crippen LogP contribution in [0.3, 0.4) is 0 Å². The summed E-state index contributed by atoms with van der Waals surface area (Å²) in [5.41, 5.74) is 1.50. The molecule has 1 aromatic rings. The van der Waals surface area contributed by atoms with Gasteiger partial charge in [-0.15, -0.1) is 0 Å². The van der Waals surface area contributed by atoms with E-state index in [9.17, 15) is 4.39 Å². The van der Waals surface area contributed by atoms with E-state index in [1.165, 1.54) is 6.07 Å². The molecule has 0 saturated carbocycles. The molecule has 0 spiro atoms. The summed E-state index contributed by atoms with van der Waals surface area (Å²) in [5, 5.41) is 3.36. The SMILES string of the molecule is CC(C)NCc1cccc(F)c1N1CCOC(C)(C)C1. The fourth-order valence-electron chi connectivity index (χ4n) is 2.58. The fourth-order valence-corrected chi connectivity index (χ4v) is 2.58. The monoisotopic (exact) mass is 280 g/mol. The average molecular weight is 280 g/mol. The molecule has 1 aliphatic rings. The first-order valence-corrected chi connectivity index (χ1v) is 7.29. The van der Waals surface area contributed by atoms with Crippen LogP contribution in [0, 0.1) is 5.82 Å². The van der Waals surface area contributed by atoms with E-state index in [0.717, 1.165) is 17.8 Å². The Balaban J connectivity index is 2.25. The van der Waals surface area contributed by atoms with Crippen LogP contribution in [-0.4, -0.2) is 31.3 Å². The number of rotatable bonds is 4. The highest BCUT2D eigenvalue weighted by molar-refractivity contribution is 5.55. The second-order valence-corrected chi connectivity index (χ2v) is 6.31. The van der Waals surface area contributed by atoms with E-state index in [1.807, 2.05) is 19.9 Å². The number of hydrogen-bond acceptors (Lipinski definition) is 3. The molecule has 0 radical (unpaired) electrons. The van der Waals surface area contributed by atoms with Gasteiger partial charge in [0.05, 0.1) is 17.9 Å². The largest absolute Gasteiger partial charge is 0.372 e. The standard InChI is InChI=1S/C16H25FN2O/c1-12(2)18-10-13-6-5-7-14(17)15(13)19-8-9-20-16(3,4)11-19/h5-7,12,18H,8-11H2,1-4H3. The molecule has 0 atom stereocenters. The van der Waals surface area contributed by atoms with Crippen LogP contribution in [-0.2, 0) is 11.3 Å². The lowest BCUT2D eigenvalue weighted by atomic mass is 10.0. The zero-order valence-corrected chi connectivity index (χ0v) is 12.9. The second kappa shape index (κ2) is 6.10. The number of nitrogens with zero attached hydrogens (tertiary/aromatic N) is 1. The minimum absolute atomic E-state index is 0.147. The zero-order valence-electron chi connectivity index (χ0n) is 12.9. The van der Waals surface area contributed by atoms with Gasteiger partial charge in [0.15, 0.2) is 0 Å². The molecule has 0 amide bonds. The number of nitrogens with one attached hydrogen (secondary N) is 1. The number of ether oxygens (including phenoxy) is 1. The van der Waals surface area contributed by atoms with E-state index >= 15 is 0 Å². The van der Waals surface area contributed by atoms with E-state index in [-0.39, 0.29) is 11.4 Å². The third-order valence-corrected chi connectivity index (χ3v) is 3.51. The Morgan fingerprint density at radius 1 is 1.40 bits per heavy atom. The summed E-state index contributed by atoms with van der Waals surface area (Å²) in [7, 11) is 0. The molecular weight excluding hydrogens is 255 g/mol. The highest BCUT2D eigenvalue weighted by Crippen LogP contribution is 2.29. The summed E-state index contributed by atoms with van der Waals surface area (Å²) < 4.78 is 20.0. The predicted octanol–water partition coefficient (Wildman–Crippen LogP) is 2.94. The Morgan fingerprint density at radius 2 is 2.15 bits per heavy atom. The van der Waals surface area contributed by atoms with Gasteiger partial charge < -0.3 is 15.0 Å². The summed E-state index contributed by atoms with van der Waals surface area (Å²) in [6, 6.07) is 5.70. The molecule has 0 aromatic heterocycles. The van der Waals surface area contributed by atoms with Crippen molar-refractivity contribution in [2.24, 2.45) is 0 Å². The molecule has 1 N–H and O–H groups in total. The zero-order chi connectivity index (χ0) is 14.8. The van der Waals surface area contributed by atoms with Gasteiger partial charge in [-0.3, -0.25) is 0 Å². The third-order valence-electron chi connectivity index (χ3n) is 3.51. The van der Waals surface area contributed by atoms with E-state index in [2.05, 4.69) is 24.1 Å². The van der Waals surface area contributed by atoms with Gasteiger partial charge in [0, 0.05) is 25.7 Å². The Morgan fingerprint density at radius 3 is 2.80 bits per heavy atom. The molecule has 4 heteroatoms. The molecule has 0 bridgehead atoms. The van der Waals surface area contributed by atoms with E-state index in [1.54, 1.807) is 6.07 Å². The topological polar surface area (TPSA) is 24.5 Å². The smallest absolute Gasteiger partial charge is 0.146 e. The van der Waals surface area contributed by atoms with Gasteiger partial charge in [0.2, 0.25) is 0 Å². The van der Waals surface area contributed by atoms with Crippen molar-refractivity contribution in [2.75, 3.05) is 24.6 Å². The van der Waals surface area contributed by atoms with Crippen LogP contribution in [0.25, 0.3) is 0 Å². The van der Waals surface area contributed by atoms with Gasteiger partial charge in [-0.05, 0) is 25.5 Å². The first-order valence-electron chi connectivity index (χ1n) is 7.29. The molecule has 2 rings (SSSR count). The highest BCUT2D eigenvalue weighted by atomic mass is 19.1. The van der Waals surface area contributed by atoms with Crippen molar-refractivity contribution in [3.05, 3.63) is 29.6 Å². The molecule has 1 heterocycles. The molecule has 1 aromatic carbocycles. The first kappa shape index (κ1) is 15.3. The minimum Gasteiger partial charge on any atom is -0.372 e. The summed E-state index contributed by atoms with van der Waals surface area (Å²) in [6.45, 7) is 11.0. The Kier molecular flexibility index (Phi) is 4.66. The number of morpholine rings is 1. The van der Waals surface area contributed by atoms with Gasteiger partial charge in [0.25, 0.3) is 0 Å². The van der Waals surface area contributed by atoms with Gasteiger partial charge in [0.1, 0.15) is 5.82 Å². The van der Waals surface area contributed by atoms with Crippen LogP contribution >= 0.6 is 0 Å². The van der Waals surface area contributed by atoms with Crippen molar-refractivity contribution < 1.29 is 9.13 Å². The van der Waals surface area contributed by atoms with Gasteiger partial charge >= 0.3 is 0 Å². The van der Waals surface area contributed by atoms with Crippen LogP contribution in [0.4, 0.5) is 10.1 Å². The average Bonchev–Trinajstić information content (AvgIpc) is 2.35. The number of hydrogen-bond donors (Lipinski definition) is 1. The van der Waals surface area contributed by atoms with Crippen LogP contribution in [0.2, 0.25) is 0 Å². The lowest BCUT2D eigenvalue weighted by Gasteiger charge is -2.40. The van der Waals surface area contributed by atoms with Crippen molar-refractivity contribution in [1.82, 2.24) is 5.32 Å². The molecular formula is C16H25FN2O. The second-order valence-electron chi connectivity index (χ2n) is 6.31. The number of benzene rings is 1. The summed E-state index contributed by atoms with van der Waals surface area (Å²) in [4.78, 5) is 2.11. The van der Waals surface area contributed by atoms with Crippen LogP contribution in [0.1, 0.15) is 33.3 Å². The molecule has 0 aliphatic carbocycles. The normalized spacial score (nSPS) is 18.6. The quantitative estimate of drug-likeness (QED) is 0.917. The Hall–Kier alpha value is -1.13.